The second kappa shape index (κ2) is 3.03. The smallest absolute Gasteiger partial charge is 0.0861 e. The molecule has 0 amide bonds. The SMILES string of the molecule is NO/N=C1/C=CC(N)=CC1. The van der Waals surface area contributed by atoms with Crippen molar-refractivity contribution in [3.8, 4) is 0 Å². The predicted molar refractivity (Wildman–Crippen MR) is 38.7 cm³/mol. The Labute approximate surface area is 58.8 Å². The van der Waals surface area contributed by atoms with Gasteiger partial charge in [0.2, 0.25) is 0 Å². The largest absolute Gasteiger partial charge is 0.399 e. The van der Waals surface area contributed by atoms with Gasteiger partial charge in [-0.25, -0.2) is 0 Å². The lowest BCUT2D eigenvalue weighted by Crippen LogP contribution is -2.04. The number of hydrogen-bond donors (Lipinski definition) is 2. The van der Waals surface area contributed by atoms with Gasteiger partial charge in [0.15, 0.2) is 0 Å². The van der Waals surface area contributed by atoms with Crippen molar-refractivity contribution in [3.05, 3.63) is 23.9 Å². The van der Waals surface area contributed by atoms with Gasteiger partial charge in [0, 0.05) is 12.1 Å². The van der Waals surface area contributed by atoms with Crippen LogP contribution in [0.1, 0.15) is 6.42 Å². The number of nitrogens with two attached hydrogens (primary N) is 2. The predicted octanol–water partition coefficient (Wildman–Crippen LogP) is 0.0352. The molecule has 0 aliphatic heterocycles. The van der Waals surface area contributed by atoms with E-state index in [0.29, 0.717) is 6.42 Å². The topological polar surface area (TPSA) is 73.6 Å². The van der Waals surface area contributed by atoms with Crippen LogP contribution in [0, 0.1) is 0 Å². The van der Waals surface area contributed by atoms with Crippen LogP contribution in [0.3, 0.4) is 0 Å². The standard InChI is InChI=1S/C6H9N3O/c7-5-1-3-6(4-2-5)9-10-8/h1-3H,4,7-8H2/b9-6-. The lowest BCUT2D eigenvalue weighted by atomic mass is 10.1. The van der Waals surface area contributed by atoms with Crippen molar-refractivity contribution in [1.29, 1.82) is 0 Å². The highest BCUT2D eigenvalue weighted by molar-refractivity contribution is 5.97. The number of hydrogen-bond acceptors (Lipinski definition) is 4. The van der Waals surface area contributed by atoms with Gasteiger partial charge < -0.3 is 10.7 Å². The van der Waals surface area contributed by atoms with Gasteiger partial charge in [-0.1, -0.05) is 11.2 Å². The van der Waals surface area contributed by atoms with E-state index in [-0.39, 0.29) is 0 Å². The van der Waals surface area contributed by atoms with Gasteiger partial charge in [-0.3, -0.25) is 0 Å². The van der Waals surface area contributed by atoms with Gasteiger partial charge >= 0.3 is 0 Å². The first-order valence-corrected chi connectivity index (χ1v) is 2.89. The maximum absolute atomic E-state index is 5.44. The zero-order valence-electron chi connectivity index (χ0n) is 5.45. The van der Waals surface area contributed by atoms with Crippen LogP contribution in [-0.4, -0.2) is 5.71 Å². The van der Waals surface area contributed by atoms with E-state index in [2.05, 4.69) is 10.1 Å². The average molecular weight is 139 g/mol. The highest BCUT2D eigenvalue weighted by Crippen LogP contribution is 2.02. The minimum atomic E-state index is 0.680. The van der Waals surface area contributed by atoms with Crippen LogP contribution in [0.15, 0.2) is 29.1 Å². The molecule has 0 fully saturated rings. The van der Waals surface area contributed by atoms with E-state index in [1.807, 2.05) is 6.08 Å². The summed E-state index contributed by atoms with van der Waals surface area (Å²) in [6.07, 6.45) is 6.04. The van der Waals surface area contributed by atoms with Crippen molar-refractivity contribution in [3.63, 3.8) is 0 Å². The Balaban J connectivity index is 2.60. The molecule has 0 spiro atoms. The average Bonchev–Trinajstić information content (AvgIpc) is 1.95. The molecule has 0 bridgehead atoms. The van der Waals surface area contributed by atoms with Crippen molar-refractivity contribution in [2.45, 2.75) is 6.42 Å². The normalized spacial score (nSPS) is 20.9. The molecule has 0 atom stereocenters. The van der Waals surface area contributed by atoms with Crippen molar-refractivity contribution in [2.24, 2.45) is 16.8 Å². The number of rotatable bonds is 1. The Morgan fingerprint density at radius 2 is 2.30 bits per heavy atom. The maximum atomic E-state index is 5.44. The van der Waals surface area contributed by atoms with Crippen LogP contribution in [0.2, 0.25) is 0 Å². The lowest BCUT2D eigenvalue weighted by Gasteiger charge is -2.01. The van der Waals surface area contributed by atoms with Crippen LogP contribution in [0.5, 0.6) is 0 Å². The molecule has 54 valence electrons. The summed E-state index contributed by atoms with van der Waals surface area (Å²) < 4.78 is 0. The fourth-order valence-corrected chi connectivity index (χ4v) is 0.686. The quantitative estimate of drug-likeness (QED) is 0.503. The van der Waals surface area contributed by atoms with Gasteiger partial charge in [-0.05, 0) is 12.2 Å². The summed E-state index contributed by atoms with van der Waals surface area (Å²) in [6.45, 7) is 0. The molecule has 0 aromatic carbocycles. The Morgan fingerprint density at radius 1 is 1.50 bits per heavy atom. The highest BCUT2D eigenvalue weighted by Gasteiger charge is 1.98. The minimum absolute atomic E-state index is 0.680. The van der Waals surface area contributed by atoms with E-state index in [1.54, 1.807) is 12.2 Å². The molecule has 0 saturated carbocycles. The molecular formula is C6H9N3O. The summed E-state index contributed by atoms with van der Waals surface area (Å²) in [5.74, 6) is 4.72. The van der Waals surface area contributed by atoms with Crippen LogP contribution >= 0.6 is 0 Å². The lowest BCUT2D eigenvalue weighted by molar-refractivity contribution is 0.149. The van der Waals surface area contributed by atoms with Gasteiger partial charge in [0.05, 0.1) is 5.71 Å². The molecule has 0 unspecified atom stereocenters. The Morgan fingerprint density at radius 3 is 2.80 bits per heavy atom. The zero-order chi connectivity index (χ0) is 7.40. The Hall–Kier alpha value is -1.29. The molecule has 0 aromatic heterocycles. The van der Waals surface area contributed by atoms with E-state index in [4.69, 9.17) is 11.6 Å². The van der Waals surface area contributed by atoms with Crippen LogP contribution in [0.25, 0.3) is 0 Å². The Bertz CT molecular complexity index is 205. The van der Waals surface area contributed by atoms with E-state index in [0.717, 1.165) is 11.4 Å². The van der Waals surface area contributed by atoms with Gasteiger partial charge in [-0.15, -0.1) is 5.90 Å². The first-order chi connectivity index (χ1) is 4.83. The summed E-state index contributed by atoms with van der Waals surface area (Å²) in [6, 6.07) is 0. The fraction of sp³-hybridized carbons (Fsp3) is 0.167. The molecule has 0 radical (unpaired) electrons. The number of oxime groups is 1. The van der Waals surface area contributed by atoms with Crippen LogP contribution < -0.4 is 11.6 Å². The van der Waals surface area contributed by atoms with E-state index >= 15 is 0 Å². The van der Waals surface area contributed by atoms with Crippen molar-refractivity contribution in [2.75, 3.05) is 0 Å². The first-order valence-electron chi connectivity index (χ1n) is 2.89. The summed E-state index contributed by atoms with van der Waals surface area (Å²) in [5.41, 5.74) is 6.96. The zero-order valence-corrected chi connectivity index (χ0v) is 5.45. The second-order valence-electron chi connectivity index (χ2n) is 1.93. The third-order valence-electron chi connectivity index (χ3n) is 1.19. The summed E-state index contributed by atoms with van der Waals surface area (Å²) in [7, 11) is 0. The molecule has 0 heterocycles. The van der Waals surface area contributed by atoms with Gasteiger partial charge in [-0.2, -0.15) is 0 Å². The van der Waals surface area contributed by atoms with Crippen molar-refractivity contribution in [1.82, 2.24) is 0 Å². The van der Waals surface area contributed by atoms with E-state index < -0.39 is 0 Å². The molecule has 4 nitrogen and oxygen atoms in total. The molecule has 10 heavy (non-hydrogen) atoms. The van der Waals surface area contributed by atoms with E-state index in [1.165, 1.54) is 0 Å². The fourth-order valence-electron chi connectivity index (χ4n) is 0.686. The summed E-state index contributed by atoms with van der Waals surface area (Å²) in [4.78, 5) is 4.08. The minimum Gasteiger partial charge on any atom is -0.399 e. The number of nitrogens with zero attached hydrogens (tertiary/aromatic N) is 1. The van der Waals surface area contributed by atoms with Crippen LogP contribution in [-0.2, 0) is 4.94 Å². The summed E-state index contributed by atoms with van der Waals surface area (Å²) in [5, 5.41) is 3.53. The molecule has 4 heteroatoms. The third-order valence-corrected chi connectivity index (χ3v) is 1.19. The third kappa shape index (κ3) is 1.60. The summed E-state index contributed by atoms with van der Waals surface area (Å²) >= 11 is 0. The Kier molecular flexibility index (Phi) is 2.07. The molecule has 1 rings (SSSR count). The van der Waals surface area contributed by atoms with Gasteiger partial charge in [0.1, 0.15) is 0 Å². The maximum Gasteiger partial charge on any atom is 0.0861 e. The molecular weight excluding hydrogens is 130 g/mol. The molecule has 0 saturated heterocycles. The molecule has 1 aliphatic carbocycles. The number of allylic oxidation sites excluding steroid dienone is 3. The van der Waals surface area contributed by atoms with Crippen LogP contribution in [0.4, 0.5) is 0 Å². The molecule has 0 aromatic rings. The van der Waals surface area contributed by atoms with Crippen molar-refractivity contribution >= 4 is 5.71 Å². The van der Waals surface area contributed by atoms with E-state index in [9.17, 15) is 0 Å². The van der Waals surface area contributed by atoms with Crippen molar-refractivity contribution < 1.29 is 4.94 Å². The highest BCUT2D eigenvalue weighted by atomic mass is 16.7. The second-order valence-corrected chi connectivity index (χ2v) is 1.93. The molecule has 4 N–H and O–H groups in total. The monoisotopic (exact) mass is 139 g/mol. The first kappa shape index (κ1) is 6.82. The molecule has 1 aliphatic rings. The van der Waals surface area contributed by atoms with Gasteiger partial charge in [0.25, 0.3) is 0 Å².